The number of hydrogen-bond donors (Lipinski definition) is 0. The molecule has 0 aliphatic carbocycles. The van der Waals surface area contributed by atoms with Crippen LogP contribution in [-0.2, 0) is 16.0 Å². The third kappa shape index (κ3) is 1.89. The first kappa shape index (κ1) is 15.4. The van der Waals surface area contributed by atoms with Crippen molar-refractivity contribution in [1.82, 2.24) is 9.47 Å². The molecule has 0 spiro atoms. The second-order valence-electron chi connectivity index (χ2n) is 8.00. The summed E-state index contributed by atoms with van der Waals surface area (Å²) < 4.78 is 7.59. The van der Waals surface area contributed by atoms with Gasteiger partial charge in [-0.15, -0.1) is 0 Å². The molecule has 1 saturated heterocycles. The lowest BCUT2D eigenvalue weighted by atomic mass is 9.63. The van der Waals surface area contributed by atoms with E-state index in [0.29, 0.717) is 6.04 Å². The van der Waals surface area contributed by atoms with Gasteiger partial charge in [-0.3, -0.25) is 4.90 Å². The maximum atomic E-state index is 12.8. The largest absolute Gasteiger partial charge is 0.467 e. The second-order valence-corrected chi connectivity index (χ2v) is 8.00. The molecule has 3 aliphatic rings. The number of piperidine rings is 1. The Hall–Kier alpha value is -1.81. The fourth-order valence-electron chi connectivity index (χ4n) is 6.02. The molecule has 1 aromatic carbocycles. The number of hydrogen-bond acceptors (Lipinski definition) is 3. The summed E-state index contributed by atoms with van der Waals surface area (Å²) in [5.74, 6) is -0.0856. The lowest BCUT2D eigenvalue weighted by Crippen LogP contribution is -2.53. The van der Waals surface area contributed by atoms with Gasteiger partial charge in [-0.1, -0.05) is 25.1 Å². The number of methoxy groups -OCH3 is 1. The Bertz CT molecular complexity index is 855. The highest BCUT2D eigenvalue weighted by atomic mass is 16.5. The van der Waals surface area contributed by atoms with Gasteiger partial charge in [0, 0.05) is 23.1 Å². The van der Waals surface area contributed by atoms with E-state index in [0.717, 1.165) is 25.8 Å². The van der Waals surface area contributed by atoms with Crippen molar-refractivity contribution in [3.63, 3.8) is 0 Å². The quantitative estimate of drug-likeness (QED) is 0.780. The van der Waals surface area contributed by atoms with Gasteiger partial charge in [0.25, 0.3) is 0 Å². The van der Waals surface area contributed by atoms with Gasteiger partial charge >= 0.3 is 5.97 Å². The minimum absolute atomic E-state index is 0.0856. The number of ether oxygens (including phenoxy) is 1. The molecule has 1 fully saturated rings. The number of fused-ring (bicyclic) bond motifs is 3. The number of carbonyl (C=O) groups is 1. The molecule has 0 N–H and O–H groups in total. The highest BCUT2D eigenvalue weighted by Crippen LogP contribution is 2.59. The monoisotopic (exact) mass is 338 g/mol. The Morgan fingerprint density at radius 3 is 2.96 bits per heavy atom. The molecule has 0 bridgehead atoms. The molecular formula is C21H26N2O2. The number of nitrogens with zero attached hydrogens (tertiary/aromatic N) is 2. The van der Waals surface area contributed by atoms with Crippen LogP contribution in [0.3, 0.4) is 0 Å². The van der Waals surface area contributed by atoms with E-state index in [9.17, 15) is 4.79 Å². The molecule has 0 unspecified atom stereocenters. The van der Waals surface area contributed by atoms with E-state index in [1.54, 1.807) is 0 Å². The molecule has 25 heavy (non-hydrogen) atoms. The van der Waals surface area contributed by atoms with Crippen molar-refractivity contribution >= 4 is 16.9 Å². The van der Waals surface area contributed by atoms with E-state index in [1.807, 2.05) is 0 Å². The first-order valence-electron chi connectivity index (χ1n) is 9.64. The second kappa shape index (κ2) is 5.34. The van der Waals surface area contributed by atoms with Crippen LogP contribution >= 0.6 is 0 Å². The molecule has 0 amide bonds. The maximum Gasteiger partial charge on any atom is 0.328 e. The van der Waals surface area contributed by atoms with Gasteiger partial charge < -0.3 is 9.30 Å². The van der Waals surface area contributed by atoms with Crippen LogP contribution in [0.5, 0.6) is 0 Å². The van der Waals surface area contributed by atoms with Crippen LogP contribution in [0.15, 0.2) is 24.3 Å². The molecule has 2 aromatic rings. The van der Waals surface area contributed by atoms with E-state index >= 15 is 0 Å². The first-order valence-corrected chi connectivity index (χ1v) is 9.64. The highest BCUT2D eigenvalue weighted by molar-refractivity contribution is 5.89. The van der Waals surface area contributed by atoms with Gasteiger partial charge in [-0.2, -0.15) is 0 Å². The summed E-state index contributed by atoms with van der Waals surface area (Å²) in [5, 5.41) is 1.34. The fraction of sp³-hybridized carbons (Fsp3) is 0.571. The Morgan fingerprint density at radius 1 is 1.32 bits per heavy atom. The van der Waals surface area contributed by atoms with Crippen molar-refractivity contribution in [2.45, 2.75) is 51.1 Å². The molecule has 3 aliphatic heterocycles. The SMILES string of the molecule is CC[C@@]12CCCN3CCc4c(n(c5ccccc45)[C@@H](C(=O)OC)C1)[C@H]32. The first-order chi connectivity index (χ1) is 12.2. The minimum Gasteiger partial charge on any atom is -0.467 e. The molecule has 4 heterocycles. The normalized spacial score (nSPS) is 31.0. The average Bonchev–Trinajstić information content (AvgIpc) is 3.01. The Balaban J connectivity index is 1.84. The molecule has 1 aromatic heterocycles. The van der Waals surface area contributed by atoms with Gasteiger partial charge in [0.05, 0.1) is 13.2 Å². The van der Waals surface area contributed by atoms with Crippen molar-refractivity contribution < 1.29 is 9.53 Å². The van der Waals surface area contributed by atoms with Crippen LogP contribution in [0.2, 0.25) is 0 Å². The summed E-state index contributed by atoms with van der Waals surface area (Å²) in [6, 6.07) is 8.90. The smallest absolute Gasteiger partial charge is 0.328 e. The van der Waals surface area contributed by atoms with Crippen LogP contribution in [0.4, 0.5) is 0 Å². The molecule has 4 nitrogen and oxygen atoms in total. The predicted octanol–water partition coefficient (Wildman–Crippen LogP) is 3.85. The molecule has 3 atom stereocenters. The van der Waals surface area contributed by atoms with E-state index < -0.39 is 0 Å². The zero-order chi connectivity index (χ0) is 17.2. The summed E-state index contributed by atoms with van der Waals surface area (Å²) in [6.45, 7) is 4.65. The average molecular weight is 338 g/mol. The maximum absolute atomic E-state index is 12.8. The van der Waals surface area contributed by atoms with Crippen LogP contribution < -0.4 is 0 Å². The van der Waals surface area contributed by atoms with Gasteiger partial charge in [-0.25, -0.2) is 4.79 Å². The third-order valence-corrected chi connectivity index (χ3v) is 7.12. The van der Waals surface area contributed by atoms with Crippen LogP contribution in [0.25, 0.3) is 10.9 Å². The summed E-state index contributed by atoms with van der Waals surface area (Å²) in [4.78, 5) is 15.5. The summed E-state index contributed by atoms with van der Waals surface area (Å²) in [5.41, 5.74) is 4.30. The lowest BCUT2D eigenvalue weighted by Gasteiger charge is -2.56. The van der Waals surface area contributed by atoms with Crippen LogP contribution in [0, 0.1) is 5.41 Å². The topological polar surface area (TPSA) is 34.5 Å². The van der Waals surface area contributed by atoms with Crippen LogP contribution in [0.1, 0.15) is 55.9 Å². The molecule has 0 radical (unpaired) electrons. The van der Waals surface area contributed by atoms with E-state index in [-0.39, 0.29) is 17.4 Å². The summed E-state index contributed by atoms with van der Waals surface area (Å²) in [6.07, 6.45) is 5.59. The molecular weight excluding hydrogens is 312 g/mol. The fourth-order valence-corrected chi connectivity index (χ4v) is 6.02. The summed E-state index contributed by atoms with van der Waals surface area (Å²) >= 11 is 0. The van der Waals surface area contributed by atoms with Gasteiger partial charge in [0.1, 0.15) is 6.04 Å². The molecule has 0 saturated carbocycles. The van der Waals surface area contributed by atoms with Crippen molar-refractivity contribution in [2.75, 3.05) is 20.2 Å². The van der Waals surface area contributed by atoms with Gasteiger partial charge in [-0.05, 0) is 55.7 Å². The molecule has 4 heteroatoms. The molecule has 132 valence electrons. The Kier molecular flexibility index (Phi) is 3.30. The number of rotatable bonds is 2. The van der Waals surface area contributed by atoms with Crippen molar-refractivity contribution in [1.29, 1.82) is 0 Å². The number of benzene rings is 1. The third-order valence-electron chi connectivity index (χ3n) is 7.12. The number of para-hydroxylation sites is 1. The zero-order valence-corrected chi connectivity index (χ0v) is 15.1. The number of esters is 1. The number of aromatic nitrogens is 1. The van der Waals surface area contributed by atoms with Gasteiger partial charge in [0.2, 0.25) is 0 Å². The Morgan fingerprint density at radius 2 is 2.16 bits per heavy atom. The zero-order valence-electron chi connectivity index (χ0n) is 15.1. The highest BCUT2D eigenvalue weighted by Gasteiger charge is 2.54. The van der Waals surface area contributed by atoms with Gasteiger partial charge in [0.15, 0.2) is 0 Å². The number of carbonyl (C=O) groups excluding carboxylic acids is 1. The Labute approximate surface area is 148 Å². The van der Waals surface area contributed by atoms with E-state index in [4.69, 9.17) is 4.74 Å². The standard InChI is InChI=1S/C21H26N2O2/c1-3-21-10-6-11-22-12-9-15-14-7-4-5-8-16(14)23(18(15)19(21)22)17(13-21)20(24)25-2/h4-5,7-8,17,19H,3,6,9-13H2,1-2H3/t17-,19+,21-/m1/s1. The lowest BCUT2D eigenvalue weighted by molar-refractivity contribution is -0.149. The van der Waals surface area contributed by atoms with Crippen LogP contribution in [-0.4, -0.2) is 35.6 Å². The molecule has 5 rings (SSSR count). The predicted molar refractivity (Wildman–Crippen MR) is 97.6 cm³/mol. The minimum atomic E-state index is -0.187. The van der Waals surface area contributed by atoms with Crippen molar-refractivity contribution in [3.05, 3.63) is 35.5 Å². The van der Waals surface area contributed by atoms with E-state index in [2.05, 4.69) is 40.7 Å². The van der Waals surface area contributed by atoms with Crippen molar-refractivity contribution in [3.8, 4) is 0 Å². The summed E-state index contributed by atoms with van der Waals surface area (Å²) in [7, 11) is 1.53. The van der Waals surface area contributed by atoms with E-state index in [1.165, 1.54) is 48.7 Å². The van der Waals surface area contributed by atoms with Crippen molar-refractivity contribution in [2.24, 2.45) is 5.41 Å².